The van der Waals surface area contributed by atoms with Crippen LogP contribution in [0.1, 0.15) is 11.1 Å². The number of nitro groups is 1. The Balaban J connectivity index is 2.01. The van der Waals surface area contributed by atoms with Crippen molar-refractivity contribution in [1.29, 1.82) is 0 Å². The monoisotopic (exact) mass is 516 g/mol. The van der Waals surface area contributed by atoms with E-state index in [1.807, 2.05) is 6.07 Å². The summed E-state index contributed by atoms with van der Waals surface area (Å²) in [6.07, 6.45) is 1.40. The summed E-state index contributed by atoms with van der Waals surface area (Å²) in [6.45, 7) is 0.789. The predicted octanol–water partition coefficient (Wildman–Crippen LogP) is 3.91. The van der Waals surface area contributed by atoms with Crippen LogP contribution < -0.4 is 14.5 Å². The Hall–Kier alpha value is -3.96. The van der Waals surface area contributed by atoms with Crippen LogP contribution in [0.5, 0.6) is 5.75 Å². The lowest BCUT2D eigenvalue weighted by atomic mass is 10.2. The largest absolute Gasteiger partial charge is 0.495 e. The summed E-state index contributed by atoms with van der Waals surface area (Å²) in [5.74, 6) is -0.635. The van der Waals surface area contributed by atoms with Crippen LogP contribution in [0.15, 0.2) is 76.7 Å². The molecule has 0 atom stereocenters. The maximum absolute atomic E-state index is 13.6. The number of methoxy groups -OCH3 is 1. The SMILES string of the molecule is COc1ccc(Cl)cc1N(CC(=O)N/N=C\c1ccccc1)S(=O)(=O)c1ccc(C)c([N+](=O)[O-])c1. The minimum atomic E-state index is -4.47. The van der Waals surface area contributed by atoms with Crippen molar-refractivity contribution in [3.8, 4) is 5.75 Å². The fourth-order valence-electron chi connectivity index (χ4n) is 3.11. The van der Waals surface area contributed by atoms with E-state index in [4.69, 9.17) is 16.3 Å². The minimum absolute atomic E-state index is 0.0228. The van der Waals surface area contributed by atoms with Gasteiger partial charge in [0.2, 0.25) is 0 Å². The van der Waals surface area contributed by atoms with Gasteiger partial charge in [0.15, 0.2) is 0 Å². The van der Waals surface area contributed by atoms with Crippen LogP contribution in [0, 0.1) is 17.0 Å². The lowest BCUT2D eigenvalue weighted by Crippen LogP contribution is -2.39. The number of sulfonamides is 1. The molecule has 3 aromatic rings. The molecule has 10 nitrogen and oxygen atoms in total. The first-order chi connectivity index (χ1) is 16.6. The molecular formula is C23H21ClN4O6S. The molecule has 0 unspecified atom stereocenters. The number of benzene rings is 3. The van der Waals surface area contributed by atoms with Crippen LogP contribution in [0.2, 0.25) is 5.02 Å². The van der Waals surface area contributed by atoms with Crippen molar-refractivity contribution in [3.05, 3.63) is 93.0 Å². The van der Waals surface area contributed by atoms with E-state index in [0.29, 0.717) is 0 Å². The average molecular weight is 517 g/mol. The average Bonchev–Trinajstić information content (AvgIpc) is 2.83. The highest BCUT2D eigenvalue weighted by Gasteiger charge is 2.31. The van der Waals surface area contributed by atoms with E-state index in [1.165, 1.54) is 50.6 Å². The topological polar surface area (TPSA) is 131 Å². The Morgan fingerprint density at radius 3 is 2.54 bits per heavy atom. The fourth-order valence-corrected chi connectivity index (χ4v) is 4.73. The standard InChI is InChI=1S/C23H21ClN4O6S/c1-16-8-10-19(13-20(16)28(30)31)35(32,33)27(21-12-18(24)9-11-22(21)34-2)15-23(29)26-25-14-17-6-4-3-5-7-17/h3-14H,15H2,1-2H3,(H,26,29)/b25-14-. The Morgan fingerprint density at radius 1 is 1.17 bits per heavy atom. The highest BCUT2D eigenvalue weighted by Crippen LogP contribution is 2.35. The number of nitrogens with zero attached hydrogens (tertiary/aromatic N) is 3. The zero-order valence-electron chi connectivity index (χ0n) is 18.7. The molecule has 0 aliphatic rings. The van der Waals surface area contributed by atoms with Crippen LogP contribution in [0.4, 0.5) is 11.4 Å². The lowest BCUT2D eigenvalue weighted by molar-refractivity contribution is -0.385. The third-order valence-electron chi connectivity index (χ3n) is 4.86. The van der Waals surface area contributed by atoms with Gasteiger partial charge in [-0.1, -0.05) is 48.0 Å². The van der Waals surface area contributed by atoms with Crippen molar-refractivity contribution >= 4 is 45.1 Å². The highest BCUT2D eigenvalue weighted by atomic mass is 35.5. The van der Waals surface area contributed by atoms with Crippen LogP contribution in [-0.4, -0.2) is 39.1 Å². The minimum Gasteiger partial charge on any atom is -0.495 e. The van der Waals surface area contributed by atoms with E-state index in [2.05, 4.69) is 10.5 Å². The van der Waals surface area contributed by atoms with Gasteiger partial charge in [-0.2, -0.15) is 5.10 Å². The van der Waals surface area contributed by atoms with E-state index in [0.717, 1.165) is 15.9 Å². The second-order valence-corrected chi connectivity index (χ2v) is 9.54. The summed E-state index contributed by atoms with van der Waals surface area (Å²) in [5, 5.41) is 15.4. The molecule has 12 heteroatoms. The number of halogens is 1. The molecule has 0 aromatic heterocycles. The quantitative estimate of drug-likeness (QED) is 0.260. The van der Waals surface area contributed by atoms with Gasteiger partial charge in [-0.3, -0.25) is 19.2 Å². The molecule has 0 fully saturated rings. The molecule has 0 aliphatic carbocycles. The number of aryl methyl sites for hydroxylation is 1. The van der Waals surface area contributed by atoms with E-state index < -0.39 is 27.4 Å². The third-order valence-corrected chi connectivity index (χ3v) is 6.86. The molecule has 0 spiro atoms. The maximum atomic E-state index is 13.6. The highest BCUT2D eigenvalue weighted by molar-refractivity contribution is 7.92. The number of amides is 1. The molecule has 1 N–H and O–H groups in total. The first-order valence-corrected chi connectivity index (χ1v) is 11.9. The molecule has 0 heterocycles. The van der Waals surface area contributed by atoms with Crippen molar-refractivity contribution in [2.45, 2.75) is 11.8 Å². The van der Waals surface area contributed by atoms with E-state index in [9.17, 15) is 23.3 Å². The van der Waals surface area contributed by atoms with Crippen molar-refractivity contribution in [1.82, 2.24) is 5.43 Å². The number of hydrogen-bond donors (Lipinski definition) is 1. The number of nitrogens with one attached hydrogen (secondary N) is 1. The van der Waals surface area contributed by atoms with Gasteiger partial charge in [-0.25, -0.2) is 13.8 Å². The Kier molecular flexibility index (Phi) is 8.05. The second-order valence-electron chi connectivity index (χ2n) is 7.24. The number of hydrazone groups is 1. The zero-order valence-corrected chi connectivity index (χ0v) is 20.3. The summed E-state index contributed by atoms with van der Waals surface area (Å²) in [5.41, 5.74) is 2.90. The molecule has 1 amide bonds. The number of rotatable bonds is 9. The van der Waals surface area contributed by atoms with Crippen LogP contribution in [-0.2, 0) is 14.8 Å². The van der Waals surface area contributed by atoms with Gasteiger partial charge < -0.3 is 4.74 Å². The van der Waals surface area contributed by atoms with Gasteiger partial charge in [0, 0.05) is 16.7 Å². The van der Waals surface area contributed by atoms with Crippen LogP contribution in [0.25, 0.3) is 0 Å². The summed E-state index contributed by atoms with van der Waals surface area (Å²) < 4.78 is 33.3. The molecule has 182 valence electrons. The zero-order chi connectivity index (χ0) is 25.6. The Labute approximate surface area is 207 Å². The summed E-state index contributed by atoms with van der Waals surface area (Å²) in [4.78, 5) is 23.0. The maximum Gasteiger partial charge on any atom is 0.273 e. The molecule has 0 saturated carbocycles. The fraction of sp³-hybridized carbons (Fsp3) is 0.130. The number of anilines is 1. The summed E-state index contributed by atoms with van der Waals surface area (Å²) in [7, 11) is -3.14. The van der Waals surface area contributed by atoms with E-state index in [1.54, 1.807) is 24.3 Å². The van der Waals surface area contributed by atoms with E-state index in [-0.39, 0.29) is 32.6 Å². The van der Waals surface area contributed by atoms with Crippen molar-refractivity contribution < 1.29 is 22.9 Å². The van der Waals surface area contributed by atoms with Gasteiger partial charge >= 0.3 is 0 Å². The smallest absolute Gasteiger partial charge is 0.273 e. The van der Waals surface area contributed by atoms with E-state index >= 15 is 0 Å². The summed E-state index contributed by atoms with van der Waals surface area (Å²) >= 11 is 6.10. The van der Waals surface area contributed by atoms with Gasteiger partial charge in [0.05, 0.1) is 28.8 Å². The number of carbonyl (C=O) groups is 1. The Bertz CT molecular complexity index is 1380. The number of ether oxygens (including phenoxy) is 1. The number of nitro benzene ring substituents is 1. The molecule has 0 radical (unpaired) electrons. The third kappa shape index (κ3) is 6.14. The lowest BCUT2D eigenvalue weighted by Gasteiger charge is -2.25. The molecule has 0 saturated heterocycles. The van der Waals surface area contributed by atoms with Gasteiger partial charge in [-0.15, -0.1) is 0 Å². The normalized spacial score (nSPS) is 11.3. The van der Waals surface area contributed by atoms with Gasteiger partial charge in [-0.05, 0) is 36.8 Å². The van der Waals surface area contributed by atoms with Gasteiger partial charge in [0.25, 0.3) is 21.6 Å². The van der Waals surface area contributed by atoms with Gasteiger partial charge in [0.1, 0.15) is 12.3 Å². The number of carbonyl (C=O) groups excluding carboxylic acids is 1. The van der Waals surface area contributed by atoms with Crippen molar-refractivity contribution in [2.75, 3.05) is 18.0 Å². The molecular weight excluding hydrogens is 496 g/mol. The van der Waals surface area contributed by atoms with Crippen LogP contribution in [0.3, 0.4) is 0 Å². The van der Waals surface area contributed by atoms with Crippen molar-refractivity contribution in [2.24, 2.45) is 5.10 Å². The van der Waals surface area contributed by atoms with Crippen LogP contribution >= 0.6 is 11.6 Å². The molecule has 35 heavy (non-hydrogen) atoms. The Morgan fingerprint density at radius 2 is 1.89 bits per heavy atom. The second kappa shape index (κ2) is 11.0. The number of hydrogen-bond acceptors (Lipinski definition) is 7. The summed E-state index contributed by atoms with van der Waals surface area (Å²) in [6, 6.07) is 16.7. The molecule has 0 bridgehead atoms. The first kappa shape index (κ1) is 25.7. The first-order valence-electron chi connectivity index (χ1n) is 10.1. The molecule has 3 rings (SSSR count). The molecule has 0 aliphatic heterocycles. The van der Waals surface area contributed by atoms with Crippen molar-refractivity contribution in [3.63, 3.8) is 0 Å². The predicted molar refractivity (Wildman–Crippen MR) is 133 cm³/mol. The molecule has 3 aromatic carbocycles.